The van der Waals surface area contributed by atoms with Gasteiger partial charge in [0.05, 0.1) is 11.5 Å². The minimum Gasteiger partial charge on any atom is -0.383 e. The van der Waals surface area contributed by atoms with Crippen molar-refractivity contribution in [3.8, 4) is 0 Å². The smallest absolute Gasteiger partial charge is 0.293 e. The Morgan fingerprint density at radius 1 is 1.59 bits per heavy atom. The van der Waals surface area contributed by atoms with Gasteiger partial charge in [0.25, 0.3) is 5.69 Å². The average Bonchev–Trinajstić information content (AvgIpc) is 2.28. The first-order chi connectivity index (χ1) is 7.97. The van der Waals surface area contributed by atoms with E-state index >= 15 is 0 Å². The van der Waals surface area contributed by atoms with E-state index in [0.717, 1.165) is 0 Å². The maximum Gasteiger partial charge on any atom is 0.293 e. The van der Waals surface area contributed by atoms with E-state index in [1.807, 2.05) is 18.9 Å². The molecular formula is C11H15BrN2O3. The quantitative estimate of drug-likeness (QED) is 0.620. The number of benzene rings is 1. The Bertz CT molecular complexity index is 412. The Balaban J connectivity index is 3.08. The van der Waals surface area contributed by atoms with Gasteiger partial charge in [-0.3, -0.25) is 10.1 Å². The molecule has 0 aliphatic rings. The van der Waals surface area contributed by atoms with Gasteiger partial charge >= 0.3 is 0 Å². The number of hydrogen-bond donors (Lipinski definition) is 0. The van der Waals surface area contributed by atoms with Crippen LogP contribution in [0.4, 0.5) is 11.4 Å². The highest BCUT2D eigenvalue weighted by molar-refractivity contribution is 9.10. The van der Waals surface area contributed by atoms with Crippen molar-refractivity contribution in [1.29, 1.82) is 0 Å². The number of hydrogen-bond acceptors (Lipinski definition) is 4. The molecule has 1 atom stereocenters. The maximum absolute atomic E-state index is 11.0. The molecule has 0 aliphatic carbocycles. The second-order valence-corrected chi connectivity index (χ2v) is 4.72. The lowest BCUT2D eigenvalue weighted by atomic mass is 10.2. The van der Waals surface area contributed by atoms with Gasteiger partial charge in [-0.15, -0.1) is 0 Å². The van der Waals surface area contributed by atoms with Crippen LogP contribution in [0.5, 0.6) is 0 Å². The first-order valence-electron chi connectivity index (χ1n) is 5.13. The lowest BCUT2D eigenvalue weighted by molar-refractivity contribution is -0.384. The highest BCUT2D eigenvalue weighted by Gasteiger charge is 2.20. The fourth-order valence-electron chi connectivity index (χ4n) is 1.53. The molecule has 0 saturated carbocycles. The molecular weight excluding hydrogens is 288 g/mol. The van der Waals surface area contributed by atoms with Crippen molar-refractivity contribution >= 4 is 27.3 Å². The van der Waals surface area contributed by atoms with E-state index in [1.165, 1.54) is 6.07 Å². The topological polar surface area (TPSA) is 55.6 Å². The normalized spacial score (nSPS) is 12.2. The van der Waals surface area contributed by atoms with E-state index in [4.69, 9.17) is 4.74 Å². The van der Waals surface area contributed by atoms with Gasteiger partial charge in [-0.05, 0) is 19.1 Å². The molecule has 0 aromatic heterocycles. The predicted octanol–water partition coefficient (Wildman–Crippen LogP) is 2.83. The molecule has 0 heterocycles. The fraction of sp³-hybridized carbons (Fsp3) is 0.455. The van der Waals surface area contributed by atoms with Crippen LogP contribution >= 0.6 is 15.9 Å². The predicted molar refractivity (Wildman–Crippen MR) is 70.5 cm³/mol. The molecule has 1 unspecified atom stereocenters. The Labute approximate surface area is 109 Å². The number of anilines is 1. The van der Waals surface area contributed by atoms with E-state index in [0.29, 0.717) is 16.8 Å². The molecule has 0 spiro atoms. The zero-order valence-electron chi connectivity index (χ0n) is 10.0. The number of methoxy groups -OCH3 is 1. The lowest BCUT2D eigenvalue weighted by Gasteiger charge is -2.26. The number of halogens is 1. The summed E-state index contributed by atoms with van der Waals surface area (Å²) in [5.74, 6) is 0. The Hall–Kier alpha value is -1.14. The van der Waals surface area contributed by atoms with Gasteiger partial charge in [-0.2, -0.15) is 0 Å². The van der Waals surface area contributed by atoms with Gasteiger partial charge in [0, 0.05) is 30.7 Å². The van der Waals surface area contributed by atoms with Crippen LogP contribution in [0.3, 0.4) is 0 Å². The van der Waals surface area contributed by atoms with E-state index in [2.05, 4.69) is 15.9 Å². The molecule has 5 nitrogen and oxygen atoms in total. The van der Waals surface area contributed by atoms with Crippen molar-refractivity contribution in [2.24, 2.45) is 0 Å². The van der Waals surface area contributed by atoms with Gasteiger partial charge in [0.15, 0.2) is 0 Å². The summed E-state index contributed by atoms with van der Waals surface area (Å²) in [6.45, 7) is 2.47. The van der Waals surface area contributed by atoms with E-state index in [9.17, 15) is 10.1 Å². The van der Waals surface area contributed by atoms with Gasteiger partial charge in [0.1, 0.15) is 5.69 Å². The minimum atomic E-state index is -0.379. The molecule has 17 heavy (non-hydrogen) atoms. The van der Waals surface area contributed by atoms with Crippen LogP contribution < -0.4 is 4.90 Å². The third-order valence-corrected chi connectivity index (χ3v) is 3.08. The second kappa shape index (κ2) is 5.97. The van der Waals surface area contributed by atoms with Crippen molar-refractivity contribution in [3.63, 3.8) is 0 Å². The molecule has 0 radical (unpaired) electrons. The monoisotopic (exact) mass is 302 g/mol. The van der Waals surface area contributed by atoms with E-state index in [1.54, 1.807) is 19.2 Å². The van der Waals surface area contributed by atoms with Crippen LogP contribution in [-0.2, 0) is 4.74 Å². The number of likely N-dealkylation sites (N-methyl/N-ethyl adjacent to an activating group) is 1. The highest BCUT2D eigenvalue weighted by atomic mass is 79.9. The van der Waals surface area contributed by atoms with Crippen molar-refractivity contribution in [3.05, 3.63) is 32.8 Å². The summed E-state index contributed by atoms with van der Waals surface area (Å²) in [6, 6.07) is 5.10. The van der Waals surface area contributed by atoms with Gasteiger partial charge in [0.2, 0.25) is 0 Å². The van der Waals surface area contributed by atoms with Crippen LogP contribution in [0.1, 0.15) is 6.92 Å². The molecule has 1 aromatic carbocycles. The summed E-state index contributed by atoms with van der Waals surface area (Å²) in [4.78, 5) is 12.4. The van der Waals surface area contributed by atoms with Gasteiger partial charge < -0.3 is 9.64 Å². The van der Waals surface area contributed by atoms with Gasteiger partial charge in [-0.25, -0.2) is 0 Å². The Morgan fingerprint density at radius 3 is 2.76 bits per heavy atom. The third-order valence-electron chi connectivity index (χ3n) is 2.58. The van der Waals surface area contributed by atoms with Gasteiger partial charge in [-0.1, -0.05) is 15.9 Å². The highest BCUT2D eigenvalue weighted by Crippen LogP contribution is 2.31. The van der Waals surface area contributed by atoms with E-state index < -0.39 is 0 Å². The van der Waals surface area contributed by atoms with E-state index in [-0.39, 0.29) is 16.7 Å². The number of nitro benzene ring substituents is 1. The van der Waals surface area contributed by atoms with Crippen molar-refractivity contribution in [2.75, 3.05) is 25.7 Å². The van der Waals surface area contributed by atoms with Crippen LogP contribution in [0.2, 0.25) is 0 Å². The van der Waals surface area contributed by atoms with Crippen molar-refractivity contribution in [2.45, 2.75) is 13.0 Å². The third kappa shape index (κ3) is 3.41. The fourth-order valence-corrected chi connectivity index (χ4v) is 1.88. The molecule has 0 aliphatic heterocycles. The van der Waals surface area contributed by atoms with Crippen LogP contribution in [0.15, 0.2) is 22.7 Å². The summed E-state index contributed by atoms with van der Waals surface area (Å²) in [5, 5.41) is 11.0. The summed E-state index contributed by atoms with van der Waals surface area (Å²) < 4.78 is 5.74. The zero-order chi connectivity index (χ0) is 13.0. The molecule has 0 fully saturated rings. The first-order valence-corrected chi connectivity index (χ1v) is 5.92. The summed E-state index contributed by atoms with van der Waals surface area (Å²) >= 11 is 3.23. The zero-order valence-corrected chi connectivity index (χ0v) is 11.6. The lowest BCUT2D eigenvalue weighted by Crippen LogP contribution is -2.33. The van der Waals surface area contributed by atoms with Crippen LogP contribution in [0.25, 0.3) is 0 Å². The summed E-state index contributed by atoms with van der Waals surface area (Å²) in [6.07, 6.45) is 0. The summed E-state index contributed by atoms with van der Waals surface area (Å²) in [5.41, 5.74) is 0.674. The van der Waals surface area contributed by atoms with Crippen molar-refractivity contribution in [1.82, 2.24) is 0 Å². The number of nitro groups is 1. The summed E-state index contributed by atoms with van der Waals surface area (Å²) in [7, 11) is 3.43. The number of nitrogens with zero attached hydrogens (tertiary/aromatic N) is 2. The average molecular weight is 303 g/mol. The molecule has 0 amide bonds. The largest absolute Gasteiger partial charge is 0.383 e. The second-order valence-electron chi connectivity index (χ2n) is 3.81. The Kier molecular flexibility index (Phi) is 4.89. The molecule has 6 heteroatoms. The maximum atomic E-state index is 11.0. The van der Waals surface area contributed by atoms with Crippen LogP contribution in [-0.4, -0.2) is 31.7 Å². The molecule has 1 rings (SSSR count). The minimum absolute atomic E-state index is 0.0693. The number of ether oxygens (including phenoxy) is 1. The number of rotatable bonds is 5. The molecule has 1 aromatic rings. The standard InChI is InChI=1S/C11H15BrN2O3/c1-8(7-17-3)13(2)10-5-4-9(12)6-11(10)14(15)16/h4-6,8H,7H2,1-3H3. The first kappa shape index (κ1) is 13.9. The van der Waals surface area contributed by atoms with Crippen LogP contribution in [0, 0.1) is 10.1 Å². The molecule has 0 N–H and O–H groups in total. The molecule has 94 valence electrons. The van der Waals surface area contributed by atoms with Crippen molar-refractivity contribution < 1.29 is 9.66 Å². The SMILES string of the molecule is COCC(C)N(C)c1ccc(Br)cc1[N+](=O)[O-]. The molecule has 0 bridgehead atoms. The Morgan fingerprint density at radius 2 is 2.24 bits per heavy atom. The molecule has 0 saturated heterocycles.